The van der Waals surface area contributed by atoms with Gasteiger partial charge < -0.3 is 15.2 Å². The zero-order valence-corrected chi connectivity index (χ0v) is 13.0. The maximum absolute atomic E-state index is 6.28. The summed E-state index contributed by atoms with van der Waals surface area (Å²) in [7, 11) is 1.77. The summed E-state index contributed by atoms with van der Waals surface area (Å²) in [6, 6.07) is 7.67. The molecule has 1 saturated carbocycles. The van der Waals surface area contributed by atoms with Crippen molar-refractivity contribution in [3.63, 3.8) is 0 Å². The van der Waals surface area contributed by atoms with E-state index in [0.717, 1.165) is 31.2 Å². The fraction of sp³-hybridized carbons (Fsp3) is 0.625. The van der Waals surface area contributed by atoms with Crippen LogP contribution in [0, 0.1) is 0 Å². The van der Waals surface area contributed by atoms with Crippen LogP contribution in [0.2, 0.25) is 5.02 Å². The van der Waals surface area contributed by atoms with Gasteiger partial charge in [0.2, 0.25) is 0 Å². The molecule has 2 rings (SSSR count). The molecule has 1 fully saturated rings. The Hall–Kier alpha value is -0.610. The minimum Gasteiger partial charge on any atom is -0.381 e. The van der Waals surface area contributed by atoms with Gasteiger partial charge in [-0.25, -0.2) is 0 Å². The van der Waals surface area contributed by atoms with Crippen LogP contribution in [0.25, 0.3) is 0 Å². The highest BCUT2D eigenvalue weighted by Gasteiger charge is 2.28. The average molecular weight is 298 g/mol. The van der Waals surface area contributed by atoms with E-state index in [0.29, 0.717) is 11.1 Å². The SMILES string of the molecule is COC1CCCC(OC(c2ccccc2Cl)C(C)N)C1. The van der Waals surface area contributed by atoms with Crippen molar-refractivity contribution in [2.75, 3.05) is 7.11 Å². The fourth-order valence-electron chi connectivity index (χ4n) is 2.83. The van der Waals surface area contributed by atoms with E-state index < -0.39 is 0 Å². The van der Waals surface area contributed by atoms with Gasteiger partial charge in [0.15, 0.2) is 0 Å². The first-order valence-corrected chi connectivity index (χ1v) is 7.68. The standard InChI is InChI=1S/C16H24ClNO2/c1-11(18)16(14-8-3-4-9-15(14)17)20-13-7-5-6-12(10-13)19-2/h3-4,8-9,11-13,16H,5-7,10,18H2,1-2H3. The third-order valence-electron chi connectivity index (χ3n) is 3.94. The van der Waals surface area contributed by atoms with Crippen molar-refractivity contribution < 1.29 is 9.47 Å². The number of methoxy groups -OCH3 is 1. The van der Waals surface area contributed by atoms with Crippen molar-refractivity contribution in [3.05, 3.63) is 34.9 Å². The summed E-state index contributed by atoms with van der Waals surface area (Å²) in [6.45, 7) is 1.96. The number of hydrogen-bond donors (Lipinski definition) is 1. The molecule has 4 atom stereocenters. The van der Waals surface area contributed by atoms with Crippen LogP contribution in [-0.4, -0.2) is 25.4 Å². The lowest BCUT2D eigenvalue weighted by Gasteiger charge is -2.33. The van der Waals surface area contributed by atoms with Crippen LogP contribution < -0.4 is 5.73 Å². The molecular weight excluding hydrogens is 274 g/mol. The lowest BCUT2D eigenvalue weighted by Crippen LogP contribution is -2.34. The smallest absolute Gasteiger partial charge is 0.0991 e. The molecule has 20 heavy (non-hydrogen) atoms. The van der Waals surface area contributed by atoms with Gasteiger partial charge in [-0.2, -0.15) is 0 Å². The van der Waals surface area contributed by atoms with Crippen LogP contribution in [-0.2, 0) is 9.47 Å². The van der Waals surface area contributed by atoms with Gasteiger partial charge in [0.05, 0.1) is 18.3 Å². The van der Waals surface area contributed by atoms with Crippen LogP contribution in [0.4, 0.5) is 0 Å². The number of ether oxygens (including phenoxy) is 2. The van der Waals surface area contributed by atoms with Crippen LogP contribution in [0.5, 0.6) is 0 Å². The molecule has 0 heterocycles. The number of halogens is 1. The zero-order chi connectivity index (χ0) is 14.5. The van der Waals surface area contributed by atoms with Gasteiger partial charge >= 0.3 is 0 Å². The number of nitrogens with two attached hydrogens (primary N) is 1. The molecule has 4 unspecified atom stereocenters. The second kappa shape index (κ2) is 7.41. The second-order valence-corrected chi connectivity index (χ2v) is 5.99. The van der Waals surface area contributed by atoms with E-state index in [1.165, 1.54) is 0 Å². The van der Waals surface area contributed by atoms with Gasteiger partial charge in [-0.05, 0) is 38.7 Å². The molecule has 2 N–H and O–H groups in total. The Balaban J connectivity index is 2.08. The third kappa shape index (κ3) is 3.95. The number of benzene rings is 1. The van der Waals surface area contributed by atoms with Crippen molar-refractivity contribution in [3.8, 4) is 0 Å². The van der Waals surface area contributed by atoms with Crippen molar-refractivity contribution in [1.82, 2.24) is 0 Å². The summed E-state index contributed by atoms with van der Waals surface area (Å²) in [6.07, 6.45) is 4.58. The Labute approximate surface area is 126 Å². The van der Waals surface area contributed by atoms with Crippen LogP contribution >= 0.6 is 11.6 Å². The van der Waals surface area contributed by atoms with E-state index >= 15 is 0 Å². The molecule has 1 aromatic rings. The predicted molar refractivity (Wildman–Crippen MR) is 82.0 cm³/mol. The molecule has 112 valence electrons. The van der Waals surface area contributed by atoms with Crippen LogP contribution in [0.3, 0.4) is 0 Å². The molecule has 0 radical (unpaired) electrons. The Morgan fingerprint density at radius 2 is 1.95 bits per heavy atom. The molecule has 0 aromatic heterocycles. The maximum Gasteiger partial charge on any atom is 0.0991 e. The van der Waals surface area contributed by atoms with Gasteiger partial charge in [-0.3, -0.25) is 0 Å². The Bertz CT molecular complexity index is 425. The quantitative estimate of drug-likeness (QED) is 0.901. The monoisotopic (exact) mass is 297 g/mol. The number of hydrogen-bond acceptors (Lipinski definition) is 3. The van der Waals surface area contributed by atoms with E-state index in [2.05, 4.69) is 0 Å². The van der Waals surface area contributed by atoms with E-state index in [4.69, 9.17) is 26.8 Å². The van der Waals surface area contributed by atoms with Crippen molar-refractivity contribution >= 4 is 11.6 Å². The normalized spacial score (nSPS) is 26.2. The lowest BCUT2D eigenvalue weighted by molar-refractivity contribution is -0.0725. The molecule has 0 saturated heterocycles. The highest BCUT2D eigenvalue weighted by Crippen LogP contribution is 2.32. The van der Waals surface area contributed by atoms with Gasteiger partial charge in [-0.1, -0.05) is 29.8 Å². The van der Waals surface area contributed by atoms with Crippen molar-refractivity contribution in [1.29, 1.82) is 0 Å². The van der Waals surface area contributed by atoms with Gasteiger partial charge in [0.1, 0.15) is 0 Å². The Morgan fingerprint density at radius 1 is 1.25 bits per heavy atom. The summed E-state index contributed by atoms with van der Waals surface area (Å²) in [5, 5.41) is 0.717. The molecule has 0 bridgehead atoms. The second-order valence-electron chi connectivity index (χ2n) is 5.58. The highest BCUT2D eigenvalue weighted by molar-refractivity contribution is 6.31. The third-order valence-corrected chi connectivity index (χ3v) is 4.28. The molecule has 1 aromatic carbocycles. The van der Waals surface area contributed by atoms with Gasteiger partial charge in [-0.15, -0.1) is 0 Å². The molecule has 4 heteroatoms. The topological polar surface area (TPSA) is 44.5 Å². The first-order chi connectivity index (χ1) is 9.61. The number of rotatable bonds is 5. The highest BCUT2D eigenvalue weighted by atomic mass is 35.5. The predicted octanol–water partition coefficient (Wildman–Crippen LogP) is 3.70. The molecule has 0 spiro atoms. The summed E-state index contributed by atoms with van der Waals surface area (Å²) in [4.78, 5) is 0. The average Bonchev–Trinajstić information content (AvgIpc) is 2.45. The minimum absolute atomic E-state index is 0.0992. The summed E-state index contributed by atoms with van der Waals surface area (Å²) < 4.78 is 11.7. The van der Waals surface area contributed by atoms with E-state index in [1.54, 1.807) is 7.11 Å². The summed E-state index contributed by atoms with van der Waals surface area (Å²) in [5.41, 5.74) is 7.08. The molecule has 1 aliphatic carbocycles. The minimum atomic E-state index is -0.163. The first kappa shape index (κ1) is 15.8. The summed E-state index contributed by atoms with van der Waals surface area (Å²) in [5.74, 6) is 0. The first-order valence-electron chi connectivity index (χ1n) is 7.30. The Morgan fingerprint density at radius 3 is 2.60 bits per heavy atom. The fourth-order valence-corrected chi connectivity index (χ4v) is 3.08. The van der Waals surface area contributed by atoms with Crippen LogP contribution in [0.1, 0.15) is 44.3 Å². The van der Waals surface area contributed by atoms with E-state index in [1.807, 2.05) is 31.2 Å². The van der Waals surface area contributed by atoms with Crippen LogP contribution in [0.15, 0.2) is 24.3 Å². The van der Waals surface area contributed by atoms with Gasteiger partial charge in [0, 0.05) is 23.7 Å². The van der Waals surface area contributed by atoms with Gasteiger partial charge in [0.25, 0.3) is 0 Å². The molecule has 3 nitrogen and oxygen atoms in total. The molecule has 1 aliphatic rings. The van der Waals surface area contributed by atoms with Crippen molar-refractivity contribution in [2.45, 2.75) is 57.0 Å². The summed E-state index contributed by atoms with van der Waals surface area (Å²) >= 11 is 6.28. The van der Waals surface area contributed by atoms with Crippen molar-refractivity contribution in [2.24, 2.45) is 5.73 Å². The van der Waals surface area contributed by atoms with E-state index in [9.17, 15) is 0 Å². The molecule has 0 amide bonds. The molecular formula is C16H24ClNO2. The maximum atomic E-state index is 6.28. The van der Waals surface area contributed by atoms with E-state index in [-0.39, 0.29) is 18.2 Å². The Kier molecular flexibility index (Phi) is 5.85. The lowest BCUT2D eigenvalue weighted by atomic mass is 9.94. The zero-order valence-electron chi connectivity index (χ0n) is 12.2. The molecule has 0 aliphatic heterocycles. The largest absolute Gasteiger partial charge is 0.381 e.